The van der Waals surface area contributed by atoms with Crippen molar-refractivity contribution in [2.24, 2.45) is 0 Å². The smallest absolute Gasteiger partial charge is 0.166 e. The van der Waals surface area contributed by atoms with Crippen LogP contribution in [0.5, 0.6) is 0 Å². The zero-order chi connectivity index (χ0) is 39.6. The lowest BCUT2D eigenvalue weighted by molar-refractivity contribution is 1.07. The van der Waals surface area contributed by atoms with Crippen LogP contribution < -0.4 is 0 Å². The van der Waals surface area contributed by atoms with Gasteiger partial charge in [0.1, 0.15) is 0 Å². The van der Waals surface area contributed by atoms with E-state index >= 15 is 0 Å². The molecule has 0 aliphatic carbocycles. The van der Waals surface area contributed by atoms with Crippen molar-refractivity contribution in [3.05, 3.63) is 171 Å². The second kappa shape index (κ2) is 13.6. The van der Waals surface area contributed by atoms with Crippen LogP contribution in [-0.4, -0.2) is 49.8 Å². The van der Waals surface area contributed by atoms with Crippen molar-refractivity contribution in [2.45, 2.75) is 0 Å². The molecule has 10 heteroatoms. The molecule has 0 bridgehead atoms. The molecule has 12 rings (SSSR count). The van der Waals surface area contributed by atoms with Gasteiger partial charge in [0, 0.05) is 81.3 Å². The van der Waals surface area contributed by atoms with E-state index in [-0.39, 0.29) is 0 Å². The first kappa shape index (κ1) is 33.6. The zero-order valence-electron chi connectivity index (χ0n) is 31.6. The number of para-hydroxylation sites is 2. The number of fused-ring (bicyclic) bond motifs is 2. The maximum absolute atomic E-state index is 5.18. The zero-order valence-corrected chi connectivity index (χ0v) is 31.6. The Kier molecular flexibility index (Phi) is 7.60. The standard InChI is InChI=1S/C50H28N10/c1-7-31-9-5-25-53-43(31)39(13-1)49-57-45(33-11-3-23-51-27-33)55-47(59-49)37-21-17-29-16-20-36-38(22-18-30-15-19-35(37)41(29)42(30)36)48-56-46(34-12-4-24-52-28-34)58-50(60-48)40-14-2-8-32-10-6-26-54-44(32)40/h1-28H. The number of aromatic nitrogens is 10. The first-order valence-electron chi connectivity index (χ1n) is 19.5. The van der Waals surface area contributed by atoms with Crippen LogP contribution in [0.3, 0.4) is 0 Å². The highest BCUT2D eigenvalue weighted by molar-refractivity contribution is 6.27. The van der Waals surface area contributed by atoms with E-state index in [4.69, 9.17) is 39.9 Å². The highest BCUT2D eigenvalue weighted by Crippen LogP contribution is 2.42. The third-order valence-electron chi connectivity index (χ3n) is 11.0. The predicted molar refractivity (Wildman–Crippen MR) is 236 cm³/mol. The van der Waals surface area contributed by atoms with Crippen LogP contribution in [0.15, 0.2) is 171 Å². The van der Waals surface area contributed by atoms with Gasteiger partial charge in [-0.25, -0.2) is 29.9 Å². The van der Waals surface area contributed by atoms with Crippen molar-refractivity contribution < 1.29 is 0 Å². The average molecular weight is 769 g/mol. The lowest BCUT2D eigenvalue weighted by Crippen LogP contribution is -2.02. The van der Waals surface area contributed by atoms with E-state index in [9.17, 15) is 0 Å². The molecule has 0 aliphatic heterocycles. The van der Waals surface area contributed by atoms with Crippen LogP contribution in [0.1, 0.15) is 0 Å². The minimum atomic E-state index is 0.528. The van der Waals surface area contributed by atoms with Gasteiger partial charge in [0.25, 0.3) is 0 Å². The van der Waals surface area contributed by atoms with Gasteiger partial charge in [-0.3, -0.25) is 19.9 Å². The molecular weight excluding hydrogens is 741 g/mol. The van der Waals surface area contributed by atoms with Crippen molar-refractivity contribution in [2.75, 3.05) is 0 Å². The summed E-state index contributed by atoms with van der Waals surface area (Å²) >= 11 is 0. The molecule has 278 valence electrons. The fourth-order valence-electron chi connectivity index (χ4n) is 8.24. The van der Waals surface area contributed by atoms with Gasteiger partial charge in [-0.15, -0.1) is 0 Å². The van der Waals surface area contributed by atoms with Crippen LogP contribution in [-0.2, 0) is 0 Å². The predicted octanol–water partition coefficient (Wildman–Crippen LogP) is 10.8. The monoisotopic (exact) mass is 768 g/mol. The Morgan fingerprint density at radius 2 is 0.683 bits per heavy atom. The van der Waals surface area contributed by atoms with Gasteiger partial charge >= 0.3 is 0 Å². The summed E-state index contributed by atoms with van der Waals surface area (Å²) in [5.41, 5.74) is 6.64. The Morgan fingerprint density at radius 3 is 1.13 bits per heavy atom. The first-order chi connectivity index (χ1) is 29.7. The molecular formula is C50H28N10. The van der Waals surface area contributed by atoms with Gasteiger partial charge in [0.15, 0.2) is 34.9 Å². The highest BCUT2D eigenvalue weighted by atomic mass is 15.0. The minimum absolute atomic E-state index is 0.528. The fourth-order valence-corrected chi connectivity index (χ4v) is 8.24. The van der Waals surface area contributed by atoms with E-state index in [0.29, 0.717) is 34.9 Å². The molecule has 0 unspecified atom stereocenters. The highest BCUT2D eigenvalue weighted by Gasteiger charge is 2.21. The number of benzene rings is 6. The van der Waals surface area contributed by atoms with Crippen LogP contribution in [0.4, 0.5) is 0 Å². The van der Waals surface area contributed by atoms with Crippen molar-refractivity contribution >= 4 is 54.1 Å². The Labute approximate surface area is 341 Å². The second-order valence-corrected chi connectivity index (χ2v) is 14.5. The van der Waals surface area contributed by atoms with E-state index < -0.39 is 0 Å². The Balaban J connectivity index is 1.09. The molecule has 0 saturated carbocycles. The van der Waals surface area contributed by atoms with Crippen molar-refractivity contribution in [3.63, 3.8) is 0 Å². The van der Waals surface area contributed by atoms with Crippen LogP contribution >= 0.6 is 0 Å². The third kappa shape index (κ3) is 5.50. The molecule has 12 aromatic rings. The molecule has 10 nitrogen and oxygen atoms in total. The Bertz CT molecular complexity index is 3370. The molecule has 0 spiro atoms. The van der Waals surface area contributed by atoms with Gasteiger partial charge in [-0.2, -0.15) is 0 Å². The summed E-state index contributed by atoms with van der Waals surface area (Å²) in [6.45, 7) is 0. The number of hydrogen-bond acceptors (Lipinski definition) is 10. The summed E-state index contributed by atoms with van der Waals surface area (Å²) in [4.78, 5) is 48.8. The van der Waals surface area contributed by atoms with Crippen LogP contribution in [0, 0.1) is 0 Å². The minimum Gasteiger partial charge on any atom is -0.264 e. The molecule has 0 N–H and O–H groups in total. The number of rotatable bonds is 6. The van der Waals surface area contributed by atoms with E-state index in [1.165, 1.54) is 0 Å². The summed E-state index contributed by atoms with van der Waals surface area (Å²) in [6, 6.07) is 45.0. The molecule has 6 aromatic carbocycles. The van der Waals surface area contributed by atoms with Crippen LogP contribution in [0.25, 0.3) is 122 Å². The summed E-state index contributed by atoms with van der Waals surface area (Å²) in [6.07, 6.45) is 10.6. The second-order valence-electron chi connectivity index (χ2n) is 14.5. The average Bonchev–Trinajstić information content (AvgIpc) is 3.33. The quantitative estimate of drug-likeness (QED) is 0.151. The lowest BCUT2D eigenvalue weighted by Gasteiger charge is -2.16. The summed E-state index contributed by atoms with van der Waals surface area (Å²) in [7, 11) is 0. The topological polar surface area (TPSA) is 129 Å². The van der Waals surface area contributed by atoms with E-state index in [2.05, 4.69) is 58.5 Å². The Morgan fingerprint density at radius 1 is 0.283 bits per heavy atom. The fraction of sp³-hybridized carbons (Fsp3) is 0. The SMILES string of the molecule is c1cncc(-c2nc(-c3ccc4ccc5c(-c6nc(-c7cccnc7)nc(-c7cccc8cccnc78)n6)ccc6ccc3c4c65)nc(-c3cccc4cccnc34)n2)c1. The largest absolute Gasteiger partial charge is 0.264 e. The molecule has 0 aliphatic rings. The maximum atomic E-state index is 5.18. The summed E-state index contributed by atoms with van der Waals surface area (Å²) in [5, 5.41) is 8.43. The number of hydrogen-bond donors (Lipinski definition) is 0. The van der Waals surface area contributed by atoms with Crippen molar-refractivity contribution in [3.8, 4) is 68.3 Å². The van der Waals surface area contributed by atoms with Gasteiger partial charge in [0.2, 0.25) is 0 Å². The molecule has 60 heavy (non-hydrogen) atoms. The van der Waals surface area contributed by atoms with E-state index in [1.807, 2.05) is 84.9 Å². The number of nitrogens with zero attached hydrogens (tertiary/aromatic N) is 10. The summed E-state index contributed by atoms with van der Waals surface area (Å²) < 4.78 is 0. The van der Waals surface area contributed by atoms with Gasteiger partial charge in [-0.05, 0) is 93.0 Å². The molecule has 0 amide bonds. The molecule has 6 aromatic heterocycles. The normalized spacial score (nSPS) is 11.7. The van der Waals surface area contributed by atoms with Gasteiger partial charge in [-0.1, -0.05) is 72.8 Å². The molecule has 0 atom stereocenters. The first-order valence-corrected chi connectivity index (χ1v) is 19.5. The molecule has 0 fully saturated rings. The van der Waals surface area contributed by atoms with Gasteiger partial charge < -0.3 is 0 Å². The summed E-state index contributed by atoms with van der Waals surface area (Å²) in [5.74, 6) is 3.23. The van der Waals surface area contributed by atoms with Crippen molar-refractivity contribution in [1.29, 1.82) is 0 Å². The Hall–Kier alpha value is -8.50. The number of pyridine rings is 4. The molecule has 0 saturated heterocycles. The van der Waals surface area contributed by atoms with Crippen LogP contribution in [0.2, 0.25) is 0 Å². The molecule has 6 heterocycles. The van der Waals surface area contributed by atoms with E-state index in [1.54, 1.807) is 37.2 Å². The third-order valence-corrected chi connectivity index (χ3v) is 11.0. The molecule has 0 radical (unpaired) electrons. The van der Waals surface area contributed by atoms with E-state index in [0.717, 1.165) is 87.5 Å². The van der Waals surface area contributed by atoms with Crippen molar-refractivity contribution in [1.82, 2.24) is 49.8 Å². The lowest BCUT2D eigenvalue weighted by atomic mass is 9.89. The van der Waals surface area contributed by atoms with Gasteiger partial charge in [0.05, 0.1) is 11.0 Å². The maximum Gasteiger partial charge on any atom is 0.166 e.